The molecule has 4 atom stereocenters. The van der Waals surface area contributed by atoms with Gasteiger partial charge in [0.2, 0.25) is 17.8 Å². The smallest absolute Gasteiger partial charge is 0.243 e. The first-order chi connectivity index (χ1) is 31.5. The number of aliphatic hydroxyl groups is 1. The third-order valence-electron chi connectivity index (χ3n) is 12.9. The van der Waals surface area contributed by atoms with Crippen molar-refractivity contribution in [3.8, 4) is 38.7 Å². The second kappa shape index (κ2) is 17.3. The summed E-state index contributed by atoms with van der Waals surface area (Å²) in [6.45, 7) is 10.8. The molecule has 3 N–H and O–H groups in total. The molecule has 0 spiro atoms. The molecule has 7 heterocycles. The Bertz CT molecular complexity index is 2850. The number of fused-ring (bicyclic) bond motifs is 1. The lowest BCUT2D eigenvalue weighted by Crippen LogP contribution is -2.48. The molecule has 2 saturated heterocycles. The minimum absolute atomic E-state index is 0.0441. The molecule has 7 aromatic rings. The summed E-state index contributed by atoms with van der Waals surface area (Å²) >= 11 is 1.59. The number of nitrogens with one attached hydrogen (secondary N) is 1. The molecule has 1 saturated carbocycles. The summed E-state index contributed by atoms with van der Waals surface area (Å²) in [5.41, 5.74) is 9.10. The van der Waals surface area contributed by atoms with Crippen LogP contribution in [-0.4, -0.2) is 107 Å². The number of likely N-dealkylation sites (tertiary alicyclic amines) is 1. The van der Waals surface area contributed by atoms with Crippen LogP contribution in [0.5, 0.6) is 5.75 Å². The molecule has 5 aromatic heterocycles. The van der Waals surface area contributed by atoms with E-state index in [-0.39, 0.29) is 42.5 Å². The van der Waals surface area contributed by atoms with Gasteiger partial charge in [0.1, 0.15) is 40.5 Å². The highest BCUT2D eigenvalue weighted by Crippen LogP contribution is 2.43. The number of nitrogens with zero attached hydrogens (tertiary/aromatic N) is 10. The number of piperazine rings is 1. The third kappa shape index (κ3) is 8.29. The van der Waals surface area contributed by atoms with Crippen LogP contribution in [0.15, 0.2) is 89.2 Å². The highest BCUT2D eigenvalue weighted by Gasteiger charge is 2.43. The predicted octanol–water partition coefficient (Wildman–Crippen LogP) is 6.92. The largest absolute Gasteiger partial charge is 0.507 e. The van der Waals surface area contributed by atoms with E-state index in [1.54, 1.807) is 41.9 Å². The summed E-state index contributed by atoms with van der Waals surface area (Å²) in [6, 6.07) is 20.4. The van der Waals surface area contributed by atoms with Crippen molar-refractivity contribution >= 4 is 46.0 Å². The molecular weight excluding hydrogens is 843 g/mol. The fourth-order valence-electron chi connectivity index (χ4n) is 9.22. The molecule has 2 amide bonds. The number of phenolic OH excluding ortho intramolecular Hbond substituents is 1. The Balaban J connectivity index is 0.786. The number of aliphatic hydroxyl groups excluding tert-OH is 1. The lowest BCUT2D eigenvalue weighted by Gasteiger charge is -2.36. The quantitative estimate of drug-likeness (QED) is 0.115. The van der Waals surface area contributed by atoms with Crippen molar-refractivity contribution < 1.29 is 24.3 Å². The minimum atomic E-state index is -0.840. The molecule has 2 aliphatic heterocycles. The van der Waals surface area contributed by atoms with Crippen molar-refractivity contribution in [2.45, 2.75) is 77.1 Å². The zero-order valence-electron chi connectivity index (χ0n) is 36.7. The van der Waals surface area contributed by atoms with Gasteiger partial charge < -0.3 is 39.3 Å². The number of hydrogen-bond acceptors (Lipinski definition) is 14. The van der Waals surface area contributed by atoms with Gasteiger partial charge in [0.05, 0.1) is 39.4 Å². The molecule has 334 valence electrons. The van der Waals surface area contributed by atoms with Crippen molar-refractivity contribution in [2.24, 2.45) is 5.92 Å². The Kier molecular flexibility index (Phi) is 11.3. The Labute approximate surface area is 380 Å². The number of aryl methyl sites for hydroxylation is 1. The van der Waals surface area contributed by atoms with Gasteiger partial charge in [-0.2, -0.15) is 0 Å². The molecule has 65 heavy (non-hydrogen) atoms. The number of aromatic nitrogens is 7. The Morgan fingerprint density at radius 2 is 1.62 bits per heavy atom. The van der Waals surface area contributed by atoms with Crippen molar-refractivity contribution in [2.75, 3.05) is 42.5 Å². The number of benzene rings is 2. The molecule has 1 aliphatic carbocycles. The second-order valence-electron chi connectivity index (χ2n) is 17.7. The number of aromatic hydroxyl groups is 1. The second-order valence-corrected chi connectivity index (χ2v) is 18.6. The summed E-state index contributed by atoms with van der Waals surface area (Å²) in [7, 11) is 0. The minimum Gasteiger partial charge on any atom is -0.507 e. The van der Waals surface area contributed by atoms with Crippen LogP contribution in [0.3, 0.4) is 0 Å². The zero-order valence-corrected chi connectivity index (χ0v) is 37.5. The summed E-state index contributed by atoms with van der Waals surface area (Å²) in [6.07, 6.45) is 4.97. The van der Waals surface area contributed by atoms with E-state index >= 15 is 0 Å². The van der Waals surface area contributed by atoms with Crippen molar-refractivity contribution in [3.63, 3.8) is 0 Å². The van der Waals surface area contributed by atoms with Crippen LogP contribution >= 0.6 is 11.3 Å². The number of phenols is 1. The summed E-state index contributed by atoms with van der Waals surface area (Å²) in [5.74, 6) is 0.734. The van der Waals surface area contributed by atoms with Gasteiger partial charge in [-0.25, -0.2) is 15.0 Å². The van der Waals surface area contributed by atoms with E-state index in [1.165, 1.54) is 4.90 Å². The van der Waals surface area contributed by atoms with Crippen LogP contribution in [-0.2, 0) is 9.59 Å². The van der Waals surface area contributed by atoms with Gasteiger partial charge in [-0.3, -0.25) is 9.59 Å². The van der Waals surface area contributed by atoms with E-state index in [0.717, 1.165) is 77.6 Å². The summed E-state index contributed by atoms with van der Waals surface area (Å²) in [4.78, 5) is 49.1. The molecule has 16 nitrogen and oxygen atoms in total. The summed E-state index contributed by atoms with van der Waals surface area (Å²) < 4.78 is 8.23. The molecule has 3 fully saturated rings. The monoisotopic (exact) mass is 893 g/mol. The van der Waals surface area contributed by atoms with Crippen molar-refractivity contribution in [1.29, 1.82) is 0 Å². The number of para-hydroxylation sites is 1. The zero-order chi connectivity index (χ0) is 44.9. The number of hydrogen-bond donors (Lipinski definition) is 3. The Morgan fingerprint density at radius 3 is 2.31 bits per heavy atom. The normalized spacial score (nSPS) is 18.7. The van der Waals surface area contributed by atoms with E-state index in [0.29, 0.717) is 40.3 Å². The van der Waals surface area contributed by atoms with Crippen LogP contribution in [0.1, 0.15) is 75.1 Å². The van der Waals surface area contributed by atoms with Gasteiger partial charge in [-0.15, -0.1) is 21.5 Å². The highest BCUT2D eigenvalue weighted by atomic mass is 32.1. The molecular formula is C48H51N11O5S. The van der Waals surface area contributed by atoms with E-state index in [1.807, 2.05) is 75.7 Å². The van der Waals surface area contributed by atoms with Gasteiger partial charge in [0.15, 0.2) is 0 Å². The van der Waals surface area contributed by atoms with Gasteiger partial charge in [-0.1, -0.05) is 55.4 Å². The number of amides is 2. The number of rotatable bonds is 12. The molecule has 17 heteroatoms. The predicted molar refractivity (Wildman–Crippen MR) is 247 cm³/mol. The lowest BCUT2D eigenvalue weighted by atomic mass is 9.91. The van der Waals surface area contributed by atoms with Crippen LogP contribution < -0.4 is 15.1 Å². The Morgan fingerprint density at radius 1 is 0.877 bits per heavy atom. The van der Waals surface area contributed by atoms with Crippen LogP contribution in [0.2, 0.25) is 0 Å². The average molecular weight is 894 g/mol. The molecule has 0 bridgehead atoms. The third-order valence-corrected chi connectivity index (χ3v) is 13.9. The maximum atomic E-state index is 14.3. The van der Waals surface area contributed by atoms with Crippen LogP contribution in [0.25, 0.3) is 44.0 Å². The fraction of sp³-hybridized carbons (Fsp3) is 0.375. The van der Waals surface area contributed by atoms with Crippen molar-refractivity contribution in [1.82, 2.24) is 45.1 Å². The number of carbonyl (C=O) groups excluding carboxylic acids is 2. The van der Waals surface area contributed by atoms with Crippen LogP contribution in [0.4, 0.5) is 11.8 Å². The number of β-amino-alcohol motifs (C(OH)–C–C–N with tert-alkyl or cyclic N) is 1. The van der Waals surface area contributed by atoms with E-state index in [4.69, 9.17) is 14.5 Å². The lowest BCUT2D eigenvalue weighted by molar-refractivity contribution is -0.141. The van der Waals surface area contributed by atoms with Crippen LogP contribution in [0, 0.1) is 12.8 Å². The first-order valence-corrected chi connectivity index (χ1v) is 23.1. The molecule has 3 aliphatic rings. The van der Waals surface area contributed by atoms with E-state index in [2.05, 4.69) is 46.1 Å². The van der Waals surface area contributed by atoms with Gasteiger partial charge in [0, 0.05) is 80.8 Å². The Hall–Kier alpha value is -6.72. The van der Waals surface area contributed by atoms with E-state index in [9.17, 15) is 19.8 Å². The van der Waals surface area contributed by atoms with Crippen molar-refractivity contribution in [3.05, 3.63) is 102 Å². The molecule has 10 rings (SSSR count). The topological polar surface area (TPSA) is 192 Å². The maximum Gasteiger partial charge on any atom is 0.243 e. The summed E-state index contributed by atoms with van der Waals surface area (Å²) in [5, 5.41) is 37.7. The molecule has 0 radical (unpaired) electrons. The SMILES string of the molecule is Cc1ncsc1-c1ccc([C@H](C)NC(=O)[C@@H]2C[C@@H](O)CN2C(=O)[C@H](c2cc(-c3cnc(N4CCN(c5cc6nnc(-c7ccccc7O)cc6n5C5CC5)CC4)nc3)no2)C(C)C)cc1. The molecule has 2 aromatic carbocycles. The average Bonchev–Trinajstić information content (AvgIpc) is 3.60. The standard InChI is InChI=1S/C48H51N11O5S/c1-27(2)44(47(63)58-25-34(60)19-40(58)46(62)52-28(3)30-9-11-31(12-10-30)45-29(4)51-26-65-45)42-21-36(55-64-42)32-23-49-48(50-24-32)57-17-15-56(16-18-57)43-22-38-39(59(43)33-13-14-33)20-37(53-54-38)35-7-5-6-8-41(35)61/h5-12,20-24,26-28,33-34,40,44,60-61H,13-19,25H2,1-4H3,(H,52,62)/t28-,34+,40-,44-/m0/s1. The van der Waals surface area contributed by atoms with E-state index < -0.39 is 18.1 Å². The fourth-order valence-corrected chi connectivity index (χ4v) is 10.0. The van der Waals surface area contributed by atoms with Gasteiger partial charge in [-0.05, 0) is 61.9 Å². The number of thiazole rings is 1. The highest BCUT2D eigenvalue weighted by molar-refractivity contribution is 7.13. The maximum absolute atomic E-state index is 14.3. The number of carbonyl (C=O) groups is 2. The first kappa shape index (κ1) is 42.2. The molecule has 0 unspecified atom stereocenters. The van der Waals surface area contributed by atoms with Gasteiger partial charge >= 0.3 is 0 Å². The number of anilines is 2. The van der Waals surface area contributed by atoms with Gasteiger partial charge in [0.25, 0.3) is 0 Å². The first-order valence-electron chi connectivity index (χ1n) is 22.3.